The second-order valence-corrected chi connectivity index (χ2v) is 17.5. The Balaban J connectivity index is 0.773. The Hall–Kier alpha value is -7.11. The minimum atomic E-state index is -0.979. The number of nitrogens with zero attached hydrogens (tertiary/aromatic N) is 8. The lowest BCUT2D eigenvalue weighted by Crippen LogP contribution is -2.54. The molecule has 3 aromatic carbocycles. The summed E-state index contributed by atoms with van der Waals surface area (Å²) < 4.78 is 7.96. The van der Waals surface area contributed by atoms with Gasteiger partial charge in [0.05, 0.1) is 41.0 Å². The summed E-state index contributed by atoms with van der Waals surface area (Å²) in [5.41, 5.74) is 6.38. The van der Waals surface area contributed by atoms with Crippen LogP contribution in [-0.2, 0) is 21.4 Å². The summed E-state index contributed by atoms with van der Waals surface area (Å²) in [5.74, 6) is -0.746. The van der Waals surface area contributed by atoms with Crippen LogP contribution in [0.3, 0.4) is 0 Å². The number of carbonyl (C=O) groups is 5. The highest BCUT2D eigenvalue weighted by molar-refractivity contribution is 6.23. The third-order valence-corrected chi connectivity index (χ3v) is 13.4. The van der Waals surface area contributed by atoms with E-state index in [1.165, 1.54) is 6.08 Å². The van der Waals surface area contributed by atoms with E-state index < -0.39 is 29.7 Å². The van der Waals surface area contributed by atoms with Gasteiger partial charge in [0, 0.05) is 107 Å². The first kappa shape index (κ1) is 44.1. The maximum absolute atomic E-state index is 13.4. The number of hydrogen-bond acceptors (Lipinski definition) is 13. The molecule has 17 heteroatoms. The Labute approximate surface area is 383 Å². The van der Waals surface area contributed by atoms with Gasteiger partial charge < -0.3 is 34.6 Å². The van der Waals surface area contributed by atoms with Crippen molar-refractivity contribution in [1.82, 2.24) is 34.6 Å². The van der Waals surface area contributed by atoms with E-state index in [2.05, 4.69) is 70.0 Å². The average Bonchev–Trinajstić information content (AvgIpc) is 3.80. The summed E-state index contributed by atoms with van der Waals surface area (Å²) in [7, 11) is 5.65. The van der Waals surface area contributed by atoms with Crippen LogP contribution < -0.4 is 30.5 Å². The molecule has 2 aromatic heterocycles. The number of benzene rings is 3. The van der Waals surface area contributed by atoms with E-state index in [0.29, 0.717) is 40.1 Å². The van der Waals surface area contributed by atoms with Crippen LogP contribution in [0.1, 0.15) is 46.4 Å². The largest absolute Gasteiger partial charge is 0.494 e. The van der Waals surface area contributed by atoms with E-state index >= 15 is 0 Å². The molecule has 5 amide bonds. The van der Waals surface area contributed by atoms with Crippen molar-refractivity contribution in [2.45, 2.75) is 31.7 Å². The number of piperidine rings is 2. The number of methoxy groups -OCH3 is 1. The molecule has 4 aliphatic heterocycles. The van der Waals surface area contributed by atoms with Crippen molar-refractivity contribution in [1.29, 1.82) is 0 Å². The first-order valence-corrected chi connectivity index (χ1v) is 22.5. The summed E-state index contributed by atoms with van der Waals surface area (Å²) in [5, 5.41) is 9.67. The molecule has 0 radical (unpaired) electrons. The summed E-state index contributed by atoms with van der Waals surface area (Å²) in [6, 6.07) is 18.2. The van der Waals surface area contributed by atoms with Gasteiger partial charge in [-0.25, -0.2) is 9.97 Å². The zero-order valence-corrected chi connectivity index (χ0v) is 37.6. The van der Waals surface area contributed by atoms with Crippen LogP contribution >= 0.6 is 0 Å². The average molecular weight is 894 g/mol. The molecule has 9 rings (SSSR count). The molecule has 66 heavy (non-hydrogen) atoms. The lowest BCUT2D eigenvalue weighted by molar-refractivity contribution is -0.136. The zero-order chi connectivity index (χ0) is 46.1. The number of rotatable bonds is 14. The Kier molecular flexibility index (Phi) is 12.5. The van der Waals surface area contributed by atoms with Crippen molar-refractivity contribution >= 4 is 69.1 Å². The van der Waals surface area contributed by atoms with Crippen molar-refractivity contribution in [3.05, 3.63) is 96.8 Å². The predicted octanol–water partition coefficient (Wildman–Crippen LogP) is 4.88. The molecular formula is C49H55N11O6. The number of likely N-dealkylation sites (N-methyl/N-ethyl adjacent to an activating group) is 1. The topological polar surface area (TPSA) is 178 Å². The van der Waals surface area contributed by atoms with Gasteiger partial charge in [0.25, 0.3) is 11.8 Å². The number of piperazine rings is 1. The summed E-state index contributed by atoms with van der Waals surface area (Å²) in [4.78, 5) is 83.2. The van der Waals surface area contributed by atoms with Crippen LogP contribution in [0.5, 0.6) is 5.75 Å². The lowest BCUT2D eigenvalue weighted by Gasteiger charge is -2.40. The van der Waals surface area contributed by atoms with Crippen LogP contribution in [-0.4, -0.2) is 138 Å². The number of aromatic nitrogens is 3. The van der Waals surface area contributed by atoms with Gasteiger partial charge in [0.2, 0.25) is 23.7 Å². The number of fused-ring (bicyclic) bond motifs is 2. The second-order valence-electron chi connectivity index (χ2n) is 17.5. The molecular weight excluding hydrogens is 839 g/mol. The van der Waals surface area contributed by atoms with Crippen molar-refractivity contribution in [2.75, 3.05) is 93.5 Å². The maximum Gasteiger partial charge on any atom is 0.262 e. The normalized spacial score (nSPS) is 18.4. The lowest BCUT2D eigenvalue weighted by atomic mass is 9.96. The molecule has 3 fully saturated rings. The van der Waals surface area contributed by atoms with E-state index in [1.54, 1.807) is 25.4 Å². The molecule has 17 nitrogen and oxygen atoms in total. The van der Waals surface area contributed by atoms with E-state index in [4.69, 9.17) is 9.72 Å². The molecule has 0 spiro atoms. The third kappa shape index (κ3) is 8.95. The molecule has 1 atom stereocenters. The second kappa shape index (κ2) is 18.8. The summed E-state index contributed by atoms with van der Waals surface area (Å²) in [6.45, 7) is 11.7. The highest BCUT2D eigenvalue weighted by atomic mass is 16.5. The maximum atomic E-state index is 13.4. The van der Waals surface area contributed by atoms with Gasteiger partial charge in [0.15, 0.2) is 0 Å². The molecule has 0 bridgehead atoms. The van der Waals surface area contributed by atoms with Crippen LogP contribution in [0.25, 0.3) is 22.2 Å². The van der Waals surface area contributed by atoms with Crippen LogP contribution in [0.4, 0.5) is 28.7 Å². The van der Waals surface area contributed by atoms with Gasteiger partial charge in [-0.05, 0) is 80.7 Å². The SMILES string of the molecule is C=CC(=O)Nc1cc(Nc2nccc(-c3cn(C)c4ccccc34)n2)c(OC)cc1N(C)CCN1CCC(CN2CCN(c3ccc4c(c3)C(=O)N(C3CCC(=O)NC3=O)C4=O)CC2)CC1. The monoisotopic (exact) mass is 893 g/mol. The quantitative estimate of drug-likeness (QED) is 0.102. The van der Waals surface area contributed by atoms with Crippen molar-refractivity contribution < 1.29 is 28.7 Å². The van der Waals surface area contributed by atoms with Crippen molar-refractivity contribution in [3.8, 4) is 17.0 Å². The third-order valence-electron chi connectivity index (χ3n) is 13.4. The highest BCUT2D eigenvalue weighted by Gasteiger charge is 2.45. The Morgan fingerprint density at radius 3 is 2.44 bits per heavy atom. The van der Waals surface area contributed by atoms with Gasteiger partial charge >= 0.3 is 0 Å². The molecule has 1 unspecified atom stereocenters. The molecule has 4 aliphatic rings. The first-order chi connectivity index (χ1) is 32.0. The van der Waals surface area contributed by atoms with Crippen LogP contribution in [0, 0.1) is 5.92 Å². The number of para-hydroxylation sites is 1. The van der Waals surface area contributed by atoms with Gasteiger partial charge in [-0.1, -0.05) is 24.8 Å². The van der Waals surface area contributed by atoms with Crippen molar-refractivity contribution in [3.63, 3.8) is 0 Å². The number of hydrogen-bond donors (Lipinski definition) is 3. The first-order valence-electron chi connectivity index (χ1n) is 22.5. The number of anilines is 5. The number of amides is 5. The molecule has 3 N–H and O–H groups in total. The number of likely N-dealkylation sites (tertiary alicyclic amines) is 1. The number of ether oxygens (including phenoxy) is 1. The number of carbonyl (C=O) groups excluding carboxylic acids is 5. The van der Waals surface area contributed by atoms with E-state index in [-0.39, 0.29) is 18.7 Å². The fourth-order valence-corrected chi connectivity index (χ4v) is 9.68. The Bertz CT molecular complexity index is 2720. The summed E-state index contributed by atoms with van der Waals surface area (Å²) in [6.07, 6.45) is 7.47. The van der Waals surface area contributed by atoms with Gasteiger partial charge in [-0.3, -0.25) is 39.1 Å². The minimum absolute atomic E-state index is 0.0880. The molecule has 3 saturated heterocycles. The fourth-order valence-electron chi connectivity index (χ4n) is 9.68. The molecule has 0 aliphatic carbocycles. The predicted molar refractivity (Wildman–Crippen MR) is 253 cm³/mol. The smallest absolute Gasteiger partial charge is 0.262 e. The fraction of sp³-hybridized carbons (Fsp3) is 0.367. The van der Waals surface area contributed by atoms with Crippen LogP contribution in [0.15, 0.2) is 85.7 Å². The Morgan fingerprint density at radius 1 is 0.909 bits per heavy atom. The minimum Gasteiger partial charge on any atom is -0.494 e. The number of imide groups is 2. The Morgan fingerprint density at radius 2 is 1.68 bits per heavy atom. The van der Waals surface area contributed by atoms with Gasteiger partial charge in [0.1, 0.15) is 11.8 Å². The molecule has 6 heterocycles. The standard InChI is InChI=1S/C49H55N11O6/c1-5-44(61)51-38-27-39(53-49-50-17-14-37(52-49)36-30-56(3)40-9-7-6-8-33(36)40)43(66-4)28-42(38)55(2)20-21-57-18-15-31(16-19-57)29-58-22-24-59(25-23-58)32-10-11-34-35(26-32)48(65)60(47(34)64)41-12-13-45(62)54-46(41)63/h5-11,14,17,26-28,30-31,41H,1,12-13,15-16,18-25,29H2,2-4H3,(H,51,61)(H,50,52,53)(H,54,62,63). The van der Waals surface area contributed by atoms with E-state index in [1.807, 2.05) is 50.5 Å². The van der Waals surface area contributed by atoms with Gasteiger partial charge in [-0.2, -0.15) is 0 Å². The summed E-state index contributed by atoms with van der Waals surface area (Å²) >= 11 is 0. The van der Waals surface area contributed by atoms with Crippen molar-refractivity contribution in [2.24, 2.45) is 13.0 Å². The van der Waals surface area contributed by atoms with Gasteiger partial charge in [-0.15, -0.1) is 0 Å². The number of aryl methyl sites for hydroxylation is 1. The molecule has 342 valence electrons. The van der Waals surface area contributed by atoms with E-state index in [9.17, 15) is 24.0 Å². The zero-order valence-electron chi connectivity index (χ0n) is 37.6. The van der Waals surface area contributed by atoms with E-state index in [0.717, 1.165) is 110 Å². The highest BCUT2D eigenvalue weighted by Crippen LogP contribution is 2.39. The van der Waals surface area contributed by atoms with Crippen LogP contribution in [0.2, 0.25) is 0 Å². The number of nitrogens with one attached hydrogen (secondary N) is 3. The molecule has 0 saturated carbocycles. The molecule has 5 aromatic rings.